The van der Waals surface area contributed by atoms with Crippen LogP contribution in [0.4, 0.5) is 0 Å². The third-order valence-electron chi connectivity index (χ3n) is 4.40. The number of nitrogens with zero attached hydrogens (tertiary/aromatic N) is 1. The van der Waals surface area contributed by atoms with Crippen LogP contribution in [0.25, 0.3) is 0 Å². The number of benzene rings is 2. The van der Waals surface area contributed by atoms with Crippen molar-refractivity contribution in [3.63, 3.8) is 0 Å². The van der Waals surface area contributed by atoms with Crippen molar-refractivity contribution in [3.8, 4) is 11.5 Å². The first kappa shape index (κ1) is 16.3. The molecular formula is C22H20NO3+. The average molecular weight is 346 g/mol. The van der Waals surface area contributed by atoms with Crippen LogP contribution >= 0.6 is 0 Å². The number of ether oxygens (including phenoxy) is 2. The fourth-order valence-electron chi connectivity index (χ4n) is 3.02. The zero-order valence-electron chi connectivity index (χ0n) is 14.4. The van der Waals surface area contributed by atoms with Crippen molar-refractivity contribution in [1.82, 2.24) is 0 Å². The number of Topliss-reactive ketones (excluding diaryl/α,β-unsaturated/α-hetero) is 1. The van der Waals surface area contributed by atoms with Crippen molar-refractivity contribution in [2.75, 3.05) is 13.2 Å². The molecule has 0 saturated heterocycles. The Labute approximate surface area is 152 Å². The Kier molecular flexibility index (Phi) is 4.65. The van der Waals surface area contributed by atoms with E-state index in [4.69, 9.17) is 9.47 Å². The summed E-state index contributed by atoms with van der Waals surface area (Å²) < 4.78 is 12.9. The van der Waals surface area contributed by atoms with Gasteiger partial charge in [0.25, 0.3) is 0 Å². The molecule has 4 heteroatoms. The van der Waals surface area contributed by atoms with E-state index in [1.165, 1.54) is 11.1 Å². The molecule has 26 heavy (non-hydrogen) atoms. The van der Waals surface area contributed by atoms with Gasteiger partial charge >= 0.3 is 0 Å². The Bertz CT molecular complexity index is 904. The number of rotatable bonds is 5. The number of carbonyl (C=O) groups is 1. The smallest absolute Gasteiger partial charge is 0.227 e. The van der Waals surface area contributed by atoms with Crippen LogP contribution in [-0.4, -0.2) is 19.0 Å². The number of carbonyl (C=O) groups excluding carboxylic acids is 1. The van der Waals surface area contributed by atoms with Crippen LogP contribution in [0.2, 0.25) is 0 Å². The number of pyridine rings is 1. The van der Waals surface area contributed by atoms with E-state index in [1.54, 1.807) is 18.2 Å². The molecule has 0 amide bonds. The van der Waals surface area contributed by atoms with Gasteiger partial charge in [0.05, 0.1) is 0 Å². The molecule has 1 aliphatic rings. The highest BCUT2D eigenvalue weighted by Gasteiger charge is 2.17. The van der Waals surface area contributed by atoms with Crippen LogP contribution in [0, 0.1) is 0 Å². The van der Waals surface area contributed by atoms with Crippen LogP contribution in [0.5, 0.6) is 11.5 Å². The van der Waals surface area contributed by atoms with Crippen molar-refractivity contribution in [2.45, 2.75) is 13.0 Å². The Morgan fingerprint density at radius 2 is 1.54 bits per heavy atom. The molecule has 4 rings (SSSR count). The number of hydrogen-bond acceptors (Lipinski definition) is 3. The van der Waals surface area contributed by atoms with Gasteiger partial charge in [-0.3, -0.25) is 4.79 Å². The van der Waals surface area contributed by atoms with Crippen LogP contribution in [0.15, 0.2) is 73.1 Å². The van der Waals surface area contributed by atoms with E-state index in [2.05, 4.69) is 24.3 Å². The molecule has 2 heterocycles. The number of hydrogen-bond donors (Lipinski definition) is 0. The summed E-state index contributed by atoms with van der Waals surface area (Å²) in [5.41, 5.74) is 3.13. The summed E-state index contributed by atoms with van der Waals surface area (Å²) >= 11 is 0. The van der Waals surface area contributed by atoms with E-state index >= 15 is 0 Å². The van der Waals surface area contributed by atoms with E-state index in [1.807, 2.05) is 35.2 Å². The number of aromatic nitrogens is 1. The minimum atomic E-state index is 0.0442. The van der Waals surface area contributed by atoms with Crippen LogP contribution in [0.3, 0.4) is 0 Å². The third-order valence-corrected chi connectivity index (χ3v) is 4.40. The molecule has 1 aliphatic heterocycles. The normalized spacial score (nSPS) is 12.6. The number of ketones is 1. The molecule has 0 radical (unpaired) electrons. The molecule has 0 N–H and O–H groups in total. The fourth-order valence-corrected chi connectivity index (χ4v) is 3.02. The first-order chi connectivity index (χ1) is 12.8. The zero-order valence-corrected chi connectivity index (χ0v) is 14.4. The summed E-state index contributed by atoms with van der Waals surface area (Å²) in [6.07, 6.45) is 4.79. The summed E-state index contributed by atoms with van der Waals surface area (Å²) in [4.78, 5) is 12.6. The Balaban J connectivity index is 1.43. The minimum absolute atomic E-state index is 0.0442. The molecular weight excluding hydrogens is 326 g/mol. The molecule has 3 aromatic rings. The molecule has 1 aromatic heterocycles. The average Bonchev–Trinajstić information content (AvgIpc) is 2.70. The highest BCUT2D eigenvalue weighted by atomic mass is 16.6. The Morgan fingerprint density at radius 1 is 0.846 bits per heavy atom. The summed E-state index contributed by atoms with van der Waals surface area (Å²) in [5, 5.41) is 0. The van der Waals surface area contributed by atoms with E-state index in [0.29, 0.717) is 36.8 Å². The predicted octanol–water partition coefficient (Wildman–Crippen LogP) is 3.22. The van der Waals surface area contributed by atoms with Crippen LogP contribution in [0.1, 0.15) is 21.5 Å². The van der Waals surface area contributed by atoms with Gasteiger partial charge < -0.3 is 9.47 Å². The summed E-state index contributed by atoms with van der Waals surface area (Å²) in [6, 6.07) is 19.8. The standard InChI is InChI=1S/C22H20NO3/c24-20(19-6-7-21-22(15-19)26-13-12-25-21)16-23-10-8-18(9-11-23)14-17-4-2-1-3-5-17/h1-11,15H,12-14,16H2/q+1. The van der Waals surface area contributed by atoms with Gasteiger partial charge in [0, 0.05) is 17.7 Å². The second-order valence-electron chi connectivity index (χ2n) is 6.32. The maximum atomic E-state index is 12.6. The van der Waals surface area contributed by atoms with E-state index < -0.39 is 0 Å². The van der Waals surface area contributed by atoms with Crippen molar-refractivity contribution in [3.05, 3.63) is 89.7 Å². The van der Waals surface area contributed by atoms with Gasteiger partial charge in [0.15, 0.2) is 23.9 Å². The van der Waals surface area contributed by atoms with Crippen molar-refractivity contribution in [2.24, 2.45) is 0 Å². The quantitative estimate of drug-likeness (QED) is 0.526. The molecule has 0 aliphatic carbocycles. The topological polar surface area (TPSA) is 39.4 Å². The first-order valence-corrected chi connectivity index (χ1v) is 8.73. The largest absolute Gasteiger partial charge is 0.486 e. The summed E-state index contributed by atoms with van der Waals surface area (Å²) in [7, 11) is 0. The molecule has 0 saturated carbocycles. The minimum Gasteiger partial charge on any atom is -0.486 e. The highest BCUT2D eigenvalue weighted by Crippen LogP contribution is 2.30. The lowest BCUT2D eigenvalue weighted by molar-refractivity contribution is -0.683. The van der Waals surface area contributed by atoms with Gasteiger partial charge in [0.2, 0.25) is 12.3 Å². The van der Waals surface area contributed by atoms with Crippen molar-refractivity contribution < 1.29 is 18.8 Å². The fraction of sp³-hybridized carbons (Fsp3) is 0.182. The maximum Gasteiger partial charge on any atom is 0.227 e. The van der Waals surface area contributed by atoms with E-state index in [0.717, 1.165) is 6.42 Å². The third kappa shape index (κ3) is 3.75. The Hall–Kier alpha value is -3.14. The lowest BCUT2D eigenvalue weighted by Gasteiger charge is -2.18. The molecule has 0 atom stereocenters. The van der Waals surface area contributed by atoms with Gasteiger partial charge in [-0.2, -0.15) is 4.57 Å². The van der Waals surface area contributed by atoms with Gasteiger partial charge in [0.1, 0.15) is 13.2 Å². The monoisotopic (exact) mass is 346 g/mol. The Morgan fingerprint density at radius 3 is 2.31 bits per heavy atom. The SMILES string of the molecule is O=C(C[n+]1ccc(Cc2ccccc2)cc1)c1ccc2c(c1)OCCO2. The lowest BCUT2D eigenvalue weighted by Crippen LogP contribution is -2.37. The highest BCUT2D eigenvalue weighted by molar-refractivity contribution is 5.95. The van der Waals surface area contributed by atoms with Crippen molar-refractivity contribution in [1.29, 1.82) is 0 Å². The molecule has 0 bridgehead atoms. The predicted molar refractivity (Wildman–Crippen MR) is 97.6 cm³/mol. The molecule has 0 spiro atoms. The molecule has 0 unspecified atom stereocenters. The van der Waals surface area contributed by atoms with Gasteiger partial charge in [-0.1, -0.05) is 30.3 Å². The second-order valence-corrected chi connectivity index (χ2v) is 6.32. The lowest BCUT2D eigenvalue weighted by atomic mass is 10.1. The van der Waals surface area contributed by atoms with Crippen molar-refractivity contribution >= 4 is 5.78 Å². The second kappa shape index (κ2) is 7.40. The molecule has 2 aromatic carbocycles. The first-order valence-electron chi connectivity index (χ1n) is 8.73. The van der Waals surface area contributed by atoms with Gasteiger partial charge in [-0.25, -0.2) is 0 Å². The molecule has 130 valence electrons. The van der Waals surface area contributed by atoms with Crippen LogP contribution < -0.4 is 14.0 Å². The van der Waals surface area contributed by atoms with E-state index in [9.17, 15) is 4.79 Å². The van der Waals surface area contributed by atoms with E-state index in [-0.39, 0.29) is 5.78 Å². The zero-order chi connectivity index (χ0) is 17.8. The maximum absolute atomic E-state index is 12.6. The van der Waals surface area contributed by atoms with Gasteiger partial charge in [-0.15, -0.1) is 0 Å². The number of fused-ring (bicyclic) bond motifs is 1. The summed E-state index contributed by atoms with van der Waals surface area (Å²) in [5.74, 6) is 1.39. The van der Waals surface area contributed by atoms with Crippen LogP contribution in [-0.2, 0) is 13.0 Å². The molecule has 0 fully saturated rings. The molecule has 4 nitrogen and oxygen atoms in total. The van der Waals surface area contributed by atoms with Gasteiger partial charge in [-0.05, 0) is 35.7 Å². The summed E-state index contributed by atoms with van der Waals surface area (Å²) in [6.45, 7) is 1.36.